The third-order valence-electron chi connectivity index (χ3n) is 3.90. The summed E-state index contributed by atoms with van der Waals surface area (Å²) in [6.07, 6.45) is 1.95. The summed E-state index contributed by atoms with van der Waals surface area (Å²) in [5, 5.41) is 0. The highest BCUT2D eigenvalue weighted by Crippen LogP contribution is 2.29. The molecular weight excluding hydrogens is 248 g/mol. The number of benzene rings is 1. The van der Waals surface area contributed by atoms with Gasteiger partial charge in [0.15, 0.2) is 0 Å². The van der Waals surface area contributed by atoms with Crippen LogP contribution in [0, 0.1) is 13.8 Å². The van der Waals surface area contributed by atoms with Crippen LogP contribution in [0.4, 0.5) is 0 Å². The molecule has 104 valence electrons. The molecule has 0 atom stereocenters. The number of nitrogens with zero attached hydrogens (tertiary/aromatic N) is 2. The van der Waals surface area contributed by atoms with E-state index in [-0.39, 0.29) is 0 Å². The first-order chi connectivity index (χ1) is 9.63. The summed E-state index contributed by atoms with van der Waals surface area (Å²) in [4.78, 5) is 6.74. The fourth-order valence-electron chi connectivity index (χ4n) is 2.51. The molecule has 0 amide bonds. The Balaban J connectivity index is 2.01. The van der Waals surface area contributed by atoms with Crippen LogP contribution in [0.1, 0.15) is 16.8 Å². The number of fused-ring (bicyclic) bond motifs is 1. The van der Waals surface area contributed by atoms with E-state index >= 15 is 0 Å². The molecule has 1 aromatic heterocycles. The van der Waals surface area contributed by atoms with Gasteiger partial charge in [0.05, 0.1) is 0 Å². The Hall–Kier alpha value is -1.87. The van der Waals surface area contributed by atoms with E-state index in [1.807, 2.05) is 13.1 Å². The van der Waals surface area contributed by atoms with Gasteiger partial charge in [-0.1, -0.05) is 6.07 Å². The Kier molecular flexibility index (Phi) is 3.45. The highest BCUT2D eigenvalue weighted by atomic mass is 16.5. The van der Waals surface area contributed by atoms with Gasteiger partial charge in [-0.3, -0.25) is 9.88 Å². The molecule has 2 heterocycles. The topological polar surface area (TPSA) is 25.4 Å². The van der Waals surface area contributed by atoms with Gasteiger partial charge < -0.3 is 4.74 Å². The highest BCUT2D eigenvalue weighted by Gasteiger charge is 2.13. The third-order valence-corrected chi connectivity index (χ3v) is 3.90. The molecule has 0 bridgehead atoms. The van der Waals surface area contributed by atoms with E-state index in [0.717, 1.165) is 31.1 Å². The van der Waals surface area contributed by atoms with Crippen LogP contribution in [0.25, 0.3) is 11.1 Å². The van der Waals surface area contributed by atoms with Gasteiger partial charge >= 0.3 is 0 Å². The molecule has 20 heavy (non-hydrogen) atoms. The molecule has 0 aliphatic carbocycles. The molecule has 0 saturated carbocycles. The molecule has 3 rings (SSSR count). The Morgan fingerprint density at radius 2 is 2.00 bits per heavy atom. The number of hydrogen-bond acceptors (Lipinski definition) is 3. The van der Waals surface area contributed by atoms with E-state index in [9.17, 15) is 0 Å². The standard InChI is InChI=1S/C17H20N2O/c1-12-8-15(10-18-13(12)2)14-4-5-17-16(9-14)11-19(3)6-7-20-17/h4-5,8-10H,6-7,11H2,1-3H3. The lowest BCUT2D eigenvalue weighted by atomic mass is 10.0. The van der Waals surface area contributed by atoms with Crippen LogP contribution in [0.2, 0.25) is 0 Å². The zero-order valence-electron chi connectivity index (χ0n) is 12.3. The summed E-state index contributed by atoms with van der Waals surface area (Å²) in [6.45, 7) is 6.80. The Morgan fingerprint density at radius 1 is 1.15 bits per heavy atom. The predicted octanol–water partition coefficient (Wildman–Crippen LogP) is 3.19. The first-order valence-corrected chi connectivity index (χ1v) is 7.01. The van der Waals surface area contributed by atoms with Crippen molar-refractivity contribution in [1.82, 2.24) is 9.88 Å². The summed E-state index contributed by atoms with van der Waals surface area (Å²) in [5.74, 6) is 1.01. The second-order valence-corrected chi connectivity index (χ2v) is 5.54. The van der Waals surface area contributed by atoms with Crippen LogP contribution in [0.5, 0.6) is 5.75 Å². The van der Waals surface area contributed by atoms with Crippen LogP contribution >= 0.6 is 0 Å². The molecule has 2 aromatic rings. The van der Waals surface area contributed by atoms with Crippen LogP contribution in [0.3, 0.4) is 0 Å². The zero-order valence-corrected chi connectivity index (χ0v) is 12.3. The molecular formula is C17H20N2O. The minimum atomic E-state index is 0.758. The number of aryl methyl sites for hydroxylation is 2. The van der Waals surface area contributed by atoms with Crippen molar-refractivity contribution in [1.29, 1.82) is 0 Å². The summed E-state index contributed by atoms with van der Waals surface area (Å²) >= 11 is 0. The number of rotatable bonds is 1. The molecule has 0 spiro atoms. The fraction of sp³-hybridized carbons (Fsp3) is 0.353. The predicted molar refractivity (Wildman–Crippen MR) is 81.0 cm³/mol. The molecule has 0 saturated heterocycles. The molecule has 1 aromatic carbocycles. The van der Waals surface area contributed by atoms with E-state index in [1.165, 1.54) is 22.3 Å². The van der Waals surface area contributed by atoms with Gasteiger partial charge in [0.25, 0.3) is 0 Å². The average molecular weight is 268 g/mol. The number of pyridine rings is 1. The van der Waals surface area contributed by atoms with Gasteiger partial charge in [-0.15, -0.1) is 0 Å². The Morgan fingerprint density at radius 3 is 2.80 bits per heavy atom. The lowest BCUT2D eigenvalue weighted by Gasteiger charge is -2.13. The number of likely N-dealkylation sites (N-methyl/N-ethyl adjacent to an activating group) is 1. The Labute approximate surface area is 120 Å². The second kappa shape index (κ2) is 5.25. The van der Waals surface area contributed by atoms with E-state index in [2.05, 4.69) is 48.1 Å². The lowest BCUT2D eigenvalue weighted by Crippen LogP contribution is -2.20. The monoisotopic (exact) mass is 268 g/mol. The van der Waals surface area contributed by atoms with Crippen LogP contribution in [-0.4, -0.2) is 30.1 Å². The van der Waals surface area contributed by atoms with Gasteiger partial charge in [0.2, 0.25) is 0 Å². The largest absolute Gasteiger partial charge is 0.492 e. The zero-order chi connectivity index (χ0) is 14.1. The first kappa shape index (κ1) is 13.1. The lowest BCUT2D eigenvalue weighted by molar-refractivity contribution is 0.259. The second-order valence-electron chi connectivity index (χ2n) is 5.54. The van der Waals surface area contributed by atoms with Crippen molar-refractivity contribution in [2.75, 3.05) is 20.2 Å². The highest BCUT2D eigenvalue weighted by molar-refractivity contribution is 5.65. The molecule has 0 fully saturated rings. The molecule has 3 nitrogen and oxygen atoms in total. The molecule has 0 N–H and O–H groups in total. The molecule has 1 aliphatic heterocycles. The number of aromatic nitrogens is 1. The van der Waals surface area contributed by atoms with Crippen LogP contribution < -0.4 is 4.74 Å². The van der Waals surface area contributed by atoms with Gasteiger partial charge in [-0.05, 0) is 50.2 Å². The van der Waals surface area contributed by atoms with E-state index in [1.54, 1.807) is 0 Å². The normalized spacial score (nSPS) is 15.3. The summed E-state index contributed by atoms with van der Waals surface area (Å²) in [7, 11) is 2.13. The van der Waals surface area contributed by atoms with Crippen molar-refractivity contribution in [2.24, 2.45) is 0 Å². The first-order valence-electron chi connectivity index (χ1n) is 7.01. The SMILES string of the molecule is Cc1cc(-c2ccc3c(c2)CN(C)CCO3)cnc1C. The summed E-state index contributed by atoms with van der Waals surface area (Å²) < 4.78 is 5.80. The van der Waals surface area contributed by atoms with E-state index in [4.69, 9.17) is 4.74 Å². The summed E-state index contributed by atoms with van der Waals surface area (Å²) in [5.41, 5.74) is 5.94. The number of ether oxygens (including phenoxy) is 1. The molecule has 1 aliphatic rings. The van der Waals surface area contributed by atoms with Gasteiger partial charge in [-0.25, -0.2) is 0 Å². The van der Waals surface area contributed by atoms with Gasteiger partial charge in [0.1, 0.15) is 12.4 Å². The summed E-state index contributed by atoms with van der Waals surface area (Å²) in [6, 6.07) is 8.63. The average Bonchev–Trinajstić information content (AvgIpc) is 2.61. The van der Waals surface area contributed by atoms with Crippen molar-refractivity contribution in [3.05, 3.63) is 47.3 Å². The number of hydrogen-bond donors (Lipinski definition) is 0. The van der Waals surface area contributed by atoms with Crippen LogP contribution in [-0.2, 0) is 6.54 Å². The minimum absolute atomic E-state index is 0.758. The van der Waals surface area contributed by atoms with Gasteiger partial charge in [-0.2, -0.15) is 0 Å². The minimum Gasteiger partial charge on any atom is -0.492 e. The van der Waals surface area contributed by atoms with Crippen molar-refractivity contribution < 1.29 is 4.74 Å². The maximum atomic E-state index is 5.80. The Bertz CT molecular complexity index is 637. The van der Waals surface area contributed by atoms with Crippen LogP contribution in [0.15, 0.2) is 30.5 Å². The maximum absolute atomic E-state index is 5.80. The van der Waals surface area contributed by atoms with Gasteiger partial charge in [0, 0.05) is 36.1 Å². The fourth-order valence-corrected chi connectivity index (χ4v) is 2.51. The van der Waals surface area contributed by atoms with E-state index < -0.39 is 0 Å². The molecule has 0 unspecified atom stereocenters. The van der Waals surface area contributed by atoms with E-state index in [0.29, 0.717) is 0 Å². The van der Waals surface area contributed by atoms with Crippen molar-refractivity contribution in [3.63, 3.8) is 0 Å². The van der Waals surface area contributed by atoms with Crippen molar-refractivity contribution >= 4 is 0 Å². The third kappa shape index (κ3) is 2.54. The maximum Gasteiger partial charge on any atom is 0.123 e. The quantitative estimate of drug-likeness (QED) is 0.794. The van der Waals surface area contributed by atoms with Crippen molar-refractivity contribution in [3.8, 4) is 16.9 Å². The molecule has 3 heteroatoms. The van der Waals surface area contributed by atoms with Crippen molar-refractivity contribution in [2.45, 2.75) is 20.4 Å². The molecule has 0 radical (unpaired) electrons. The smallest absolute Gasteiger partial charge is 0.123 e.